The third-order valence-corrected chi connectivity index (χ3v) is 3.59. The molecule has 0 amide bonds. The van der Waals surface area contributed by atoms with Gasteiger partial charge < -0.3 is 4.74 Å². The molecule has 0 fully saturated rings. The molecule has 1 rings (SSSR count). The van der Waals surface area contributed by atoms with Crippen molar-refractivity contribution in [1.29, 1.82) is 0 Å². The molecule has 3 nitrogen and oxygen atoms in total. The van der Waals surface area contributed by atoms with Crippen LogP contribution in [0.25, 0.3) is 0 Å². The van der Waals surface area contributed by atoms with Crippen molar-refractivity contribution in [3.05, 3.63) is 33.8 Å². The Morgan fingerprint density at radius 2 is 2.11 bits per heavy atom. The maximum Gasteiger partial charge on any atom is 0.306 e. The highest BCUT2D eigenvalue weighted by Gasteiger charge is 2.10. The number of hydrogen-bond acceptors (Lipinski definition) is 3. The quantitative estimate of drug-likeness (QED) is 0.752. The van der Waals surface area contributed by atoms with Gasteiger partial charge in [0.2, 0.25) is 0 Å². The van der Waals surface area contributed by atoms with Crippen LogP contribution in [0.5, 0.6) is 0 Å². The van der Waals surface area contributed by atoms with Crippen LogP contribution in [-0.2, 0) is 16.1 Å². The van der Waals surface area contributed by atoms with Crippen molar-refractivity contribution < 1.29 is 9.53 Å². The van der Waals surface area contributed by atoms with Crippen molar-refractivity contribution in [1.82, 2.24) is 4.90 Å². The highest BCUT2D eigenvalue weighted by atomic mass is 35.5. The molecule has 0 bridgehead atoms. The molecule has 0 spiro atoms. The summed E-state index contributed by atoms with van der Waals surface area (Å²) in [6.45, 7) is 4.19. The maximum atomic E-state index is 11.1. The first-order valence-electron chi connectivity index (χ1n) is 5.80. The highest BCUT2D eigenvalue weighted by molar-refractivity contribution is 6.42. The molecular formula is C13H17Cl2NO2. The SMILES string of the molecule is CCN(CCC(=O)OC)Cc1cccc(Cl)c1Cl. The van der Waals surface area contributed by atoms with Crippen LogP contribution in [0.2, 0.25) is 10.0 Å². The van der Waals surface area contributed by atoms with Crippen LogP contribution >= 0.6 is 23.2 Å². The minimum Gasteiger partial charge on any atom is -0.469 e. The van der Waals surface area contributed by atoms with E-state index in [1.165, 1.54) is 7.11 Å². The average molecular weight is 290 g/mol. The van der Waals surface area contributed by atoms with Gasteiger partial charge in [0.05, 0.1) is 23.6 Å². The molecule has 5 heteroatoms. The minimum absolute atomic E-state index is 0.203. The molecule has 0 aliphatic rings. The monoisotopic (exact) mass is 289 g/mol. The summed E-state index contributed by atoms with van der Waals surface area (Å²) >= 11 is 12.1. The first-order chi connectivity index (χ1) is 8.58. The molecule has 0 unspecified atom stereocenters. The lowest BCUT2D eigenvalue weighted by Gasteiger charge is -2.20. The first-order valence-corrected chi connectivity index (χ1v) is 6.56. The second-order valence-corrected chi connectivity index (χ2v) is 4.69. The van der Waals surface area contributed by atoms with E-state index in [1.807, 2.05) is 19.1 Å². The number of halogens is 2. The van der Waals surface area contributed by atoms with Gasteiger partial charge in [0.1, 0.15) is 0 Å². The molecule has 0 atom stereocenters. The van der Waals surface area contributed by atoms with Crippen LogP contribution < -0.4 is 0 Å². The van der Waals surface area contributed by atoms with E-state index >= 15 is 0 Å². The fourth-order valence-electron chi connectivity index (χ4n) is 1.61. The van der Waals surface area contributed by atoms with Crippen LogP contribution in [0.15, 0.2) is 18.2 Å². The lowest BCUT2D eigenvalue weighted by Crippen LogP contribution is -2.26. The van der Waals surface area contributed by atoms with Crippen molar-refractivity contribution in [3.63, 3.8) is 0 Å². The zero-order valence-electron chi connectivity index (χ0n) is 10.6. The molecule has 0 heterocycles. The van der Waals surface area contributed by atoms with E-state index in [1.54, 1.807) is 6.07 Å². The zero-order chi connectivity index (χ0) is 13.5. The van der Waals surface area contributed by atoms with Gasteiger partial charge in [-0.2, -0.15) is 0 Å². The Morgan fingerprint density at radius 1 is 1.39 bits per heavy atom. The van der Waals surface area contributed by atoms with Gasteiger partial charge >= 0.3 is 5.97 Å². The number of methoxy groups -OCH3 is 1. The number of carbonyl (C=O) groups excluding carboxylic acids is 1. The molecule has 100 valence electrons. The molecule has 0 aliphatic carbocycles. The summed E-state index contributed by atoms with van der Waals surface area (Å²) in [6.07, 6.45) is 0.378. The van der Waals surface area contributed by atoms with Gasteiger partial charge in [-0.3, -0.25) is 9.69 Å². The fraction of sp³-hybridized carbons (Fsp3) is 0.462. The third kappa shape index (κ3) is 4.48. The van der Waals surface area contributed by atoms with Gasteiger partial charge in [-0.05, 0) is 18.2 Å². The van der Waals surface area contributed by atoms with Gasteiger partial charge in [-0.25, -0.2) is 0 Å². The van der Waals surface area contributed by atoms with Crippen LogP contribution in [0.1, 0.15) is 18.9 Å². The summed E-state index contributed by atoms with van der Waals surface area (Å²) in [5, 5.41) is 1.13. The average Bonchev–Trinajstić information content (AvgIpc) is 2.38. The number of benzene rings is 1. The summed E-state index contributed by atoms with van der Waals surface area (Å²) in [6, 6.07) is 5.57. The Balaban J connectivity index is 2.62. The Labute approximate surface area is 118 Å². The summed E-state index contributed by atoms with van der Waals surface area (Å²) < 4.78 is 4.63. The standard InChI is InChI=1S/C13H17Cl2NO2/c1-3-16(8-7-12(17)18-2)9-10-5-4-6-11(14)13(10)15/h4-6H,3,7-9H2,1-2H3. The van der Waals surface area contributed by atoms with E-state index in [2.05, 4.69) is 9.64 Å². The van der Waals surface area contributed by atoms with Crippen LogP contribution in [0.4, 0.5) is 0 Å². The first kappa shape index (κ1) is 15.3. The number of nitrogens with zero attached hydrogens (tertiary/aromatic N) is 1. The van der Waals surface area contributed by atoms with E-state index in [0.717, 1.165) is 12.1 Å². The van der Waals surface area contributed by atoms with Crippen LogP contribution in [0, 0.1) is 0 Å². The number of hydrogen-bond donors (Lipinski definition) is 0. The molecule has 0 aliphatic heterocycles. The number of carbonyl (C=O) groups is 1. The topological polar surface area (TPSA) is 29.5 Å². The molecule has 1 aromatic carbocycles. The fourth-order valence-corrected chi connectivity index (χ4v) is 1.99. The highest BCUT2D eigenvalue weighted by Crippen LogP contribution is 2.26. The van der Waals surface area contributed by atoms with Gasteiger partial charge in [0.15, 0.2) is 0 Å². The molecule has 0 saturated heterocycles. The second-order valence-electron chi connectivity index (χ2n) is 3.91. The summed E-state index contributed by atoms with van der Waals surface area (Å²) in [5.74, 6) is -0.203. The van der Waals surface area contributed by atoms with Crippen molar-refractivity contribution in [2.45, 2.75) is 19.9 Å². The normalized spacial score (nSPS) is 10.7. The van der Waals surface area contributed by atoms with Gasteiger partial charge in [0.25, 0.3) is 0 Å². The van der Waals surface area contributed by atoms with E-state index in [-0.39, 0.29) is 5.97 Å². The van der Waals surface area contributed by atoms with Crippen molar-refractivity contribution >= 4 is 29.2 Å². The van der Waals surface area contributed by atoms with Gasteiger partial charge in [-0.15, -0.1) is 0 Å². The van der Waals surface area contributed by atoms with Gasteiger partial charge in [-0.1, -0.05) is 42.3 Å². The van der Waals surface area contributed by atoms with E-state index < -0.39 is 0 Å². The molecule has 0 aromatic heterocycles. The van der Waals surface area contributed by atoms with Crippen molar-refractivity contribution in [2.75, 3.05) is 20.2 Å². The van der Waals surface area contributed by atoms with Crippen LogP contribution in [0.3, 0.4) is 0 Å². The summed E-state index contributed by atoms with van der Waals surface area (Å²) in [7, 11) is 1.40. The minimum atomic E-state index is -0.203. The molecular weight excluding hydrogens is 273 g/mol. The largest absolute Gasteiger partial charge is 0.469 e. The number of rotatable bonds is 6. The van der Waals surface area contributed by atoms with Crippen molar-refractivity contribution in [3.8, 4) is 0 Å². The Kier molecular flexibility index (Phi) is 6.47. The number of esters is 1. The summed E-state index contributed by atoms with van der Waals surface area (Å²) in [5.41, 5.74) is 0.968. The molecule has 18 heavy (non-hydrogen) atoms. The Morgan fingerprint density at radius 3 is 2.72 bits per heavy atom. The number of ether oxygens (including phenoxy) is 1. The molecule has 0 N–H and O–H groups in total. The molecule has 0 radical (unpaired) electrons. The van der Waals surface area contributed by atoms with Gasteiger partial charge in [0, 0.05) is 13.1 Å². The van der Waals surface area contributed by atoms with E-state index in [9.17, 15) is 4.79 Å². The lowest BCUT2D eigenvalue weighted by atomic mass is 10.2. The third-order valence-electron chi connectivity index (χ3n) is 2.73. The van der Waals surface area contributed by atoms with Crippen LogP contribution in [-0.4, -0.2) is 31.1 Å². The Bertz CT molecular complexity index is 410. The van der Waals surface area contributed by atoms with Crippen molar-refractivity contribution in [2.24, 2.45) is 0 Å². The predicted octanol–water partition coefficient (Wildman–Crippen LogP) is 3.38. The second kappa shape index (κ2) is 7.62. The summed E-state index contributed by atoms with van der Waals surface area (Å²) in [4.78, 5) is 13.2. The zero-order valence-corrected chi connectivity index (χ0v) is 12.1. The molecule has 1 aromatic rings. The molecule has 0 saturated carbocycles. The van der Waals surface area contributed by atoms with E-state index in [4.69, 9.17) is 23.2 Å². The Hall–Kier alpha value is -0.770. The maximum absolute atomic E-state index is 11.1. The lowest BCUT2D eigenvalue weighted by molar-refractivity contribution is -0.141. The van der Waals surface area contributed by atoms with E-state index in [0.29, 0.717) is 29.6 Å². The smallest absolute Gasteiger partial charge is 0.306 e. The predicted molar refractivity (Wildman–Crippen MR) is 74.0 cm³/mol.